The van der Waals surface area contributed by atoms with Gasteiger partial charge in [-0.15, -0.1) is 0 Å². The monoisotopic (exact) mass is 230 g/mol. The molecule has 0 aromatic heterocycles. The van der Waals surface area contributed by atoms with Crippen molar-refractivity contribution in [2.24, 2.45) is 5.73 Å². The van der Waals surface area contributed by atoms with Crippen molar-refractivity contribution in [1.82, 2.24) is 0 Å². The van der Waals surface area contributed by atoms with Crippen LogP contribution in [0.3, 0.4) is 0 Å². The Balaban J connectivity index is 2.55. The zero-order chi connectivity index (χ0) is 12.0. The Kier molecular flexibility index (Phi) is 4.37. The lowest BCUT2D eigenvalue weighted by Gasteiger charge is -2.08. The molecule has 0 amide bonds. The predicted molar refractivity (Wildman–Crippen MR) is 58.1 cm³/mol. The SMILES string of the molecule is NC/C=C/CNc1ccc(C(F)(F)F)cc1. The lowest BCUT2D eigenvalue weighted by molar-refractivity contribution is -0.137. The van der Waals surface area contributed by atoms with Crippen molar-refractivity contribution < 1.29 is 13.2 Å². The molecule has 88 valence electrons. The van der Waals surface area contributed by atoms with Crippen LogP contribution < -0.4 is 11.1 Å². The molecule has 1 rings (SSSR count). The number of hydrogen-bond acceptors (Lipinski definition) is 2. The van der Waals surface area contributed by atoms with Gasteiger partial charge in [0.05, 0.1) is 5.56 Å². The highest BCUT2D eigenvalue weighted by Crippen LogP contribution is 2.29. The van der Waals surface area contributed by atoms with E-state index in [2.05, 4.69) is 5.32 Å². The van der Waals surface area contributed by atoms with Gasteiger partial charge in [0.1, 0.15) is 0 Å². The summed E-state index contributed by atoms with van der Waals surface area (Å²) in [6.45, 7) is 0.997. The van der Waals surface area contributed by atoms with E-state index in [0.717, 1.165) is 12.1 Å². The predicted octanol–water partition coefficient (Wildman–Crippen LogP) is 2.63. The number of rotatable bonds is 4. The highest BCUT2D eigenvalue weighted by Gasteiger charge is 2.29. The molecule has 1 aromatic carbocycles. The quantitative estimate of drug-likeness (QED) is 0.780. The molecule has 0 fully saturated rings. The standard InChI is InChI=1S/C11H13F3N2/c12-11(13,14)9-3-5-10(6-4-9)16-8-2-1-7-15/h1-6,16H,7-8,15H2/b2-1+. The summed E-state index contributed by atoms with van der Waals surface area (Å²) >= 11 is 0. The molecule has 0 spiro atoms. The van der Waals surface area contributed by atoms with E-state index < -0.39 is 11.7 Å². The summed E-state index contributed by atoms with van der Waals surface area (Å²) in [5.74, 6) is 0. The van der Waals surface area contributed by atoms with Gasteiger partial charge in [-0.1, -0.05) is 12.2 Å². The van der Waals surface area contributed by atoms with Gasteiger partial charge >= 0.3 is 6.18 Å². The zero-order valence-electron chi connectivity index (χ0n) is 8.59. The fourth-order valence-electron chi connectivity index (χ4n) is 1.13. The Labute approximate surface area is 92.0 Å². The molecule has 0 bridgehead atoms. The molecule has 2 nitrogen and oxygen atoms in total. The summed E-state index contributed by atoms with van der Waals surface area (Å²) in [6, 6.07) is 4.90. The van der Waals surface area contributed by atoms with Crippen LogP contribution in [0.5, 0.6) is 0 Å². The number of hydrogen-bond donors (Lipinski definition) is 2. The van der Waals surface area contributed by atoms with E-state index in [1.165, 1.54) is 12.1 Å². The second kappa shape index (κ2) is 5.55. The Morgan fingerprint density at radius 3 is 2.25 bits per heavy atom. The third-order valence-corrected chi connectivity index (χ3v) is 1.94. The first-order valence-corrected chi connectivity index (χ1v) is 4.80. The van der Waals surface area contributed by atoms with Gasteiger partial charge in [0.15, 0.2) is 0 Å². The Hall–Kier alpha value is -1.49. The van der Waals surface area contributed by atoms with E-state index >= 15 is 0 Å². The average Bonchev–Trinajstić information content (AvgIpc) is 2.24. The van der Waals surface area contributed by atoms with Crippen molar-refractivity contribution in [3.8, 4) is 0 Å². The van der Waals surface area contributed by atoms with Crippen molar-refractivity contribution in [1.29, 1.82) is 0 Å². The average molecular weight is 230 g/mol. The number of halogens is 3. The Morgan fingerprint density at radius 2 is 1.75 bits per heavy atom. The van der Waals surface area contributed by atoms with E-state index in [0.29, 0.717) is 18.8 Å². The van der Waals surface area contributed by atoms with E-state index in [-0.39, 0.29) is 0 Å². The van der Waals surface area contributed by atoms with Crippen molar-refractivity contribution in [2.75, 3.05) is 18.4 Å². The number of anilines is 1. The first-order valence-electron chi connectivity index (χ1n) is 4.80. The summed E-state index contributed by atoms with van der Waals surface area (Å²) in [6.07, 6.45) is -0.688. The fraction of sp³-hybridized carbons (Fsp3) is 0.273. The smallest absolute Gasteiger partial charge is 0.382 e. The minimum atomic E-state index is -4.28. The third-order valence-electron chi connectivity index (χ3n) is 1.94. The van der Waals surface area contributed by atoms with Gasteiger partial charge in [-0.25, -0.2) is 0 Å². The van der Waals surface area contributed by atoms with Crippen LogP contribution in [-0.4, -0.2) is 13.1 Å². The van der Waals surface area contributed by atoms with Crippen molar-refractivity contribution in [2.45, 2.75) is 6.18 Å². The lowest BCUT2D eigenvalue weighted by atomic mass is 10.2. The van der Waals surface area contributed by atoms with Crippen molar-refractivity contribution in [3.05, 3.63) is 42.0 Å². The summed E-state index contributed by atoms with van der Waals surface area (Å²) in [7, 11) is 0. The normalized spacial score (nSPS) is 12.0. The molecule has 5 heteroatoms. The first kappa shape index (κ1) is 12.6. The van der Waals surface area contributed by atoms with Gasteiger partial charge in [-0.2, -0.15) is 13.2 Å². The molecule has 0 heterocycles. The molecule has 0 atom stereocenters. The van der Waals surface area contributed by atoms with Gasteiger partial charge in [-0.05, 0) is 24.3 Å². The lowest BCUT2D eigenvalue weighted by Crippen LogP contribution is -2.05. The zero-order valence-corrected chi connectivity index (χ0v) is 8.59. The van der Waals surface area contributed by atoms with Crippen molar-refractivity contribution in [3.63, 3.8) is 0 Å². The van der Waals surface area contributed by atoms with Gasteiger partial charge in [-0.3, -0.25) is 0 Å². The topological polar surface area (TPSA) is 38.0 Å². The molecule has 16 heavy (non-hydrogen) atoms. The van der Waals surface area contributed by atoms with E-state index in [4.69, 9.17) is 5.73 Å². The van der Waals surface area contributed by atoms with Crippen LogP contribution in [0.25, 0.3) is 0 Å². The van der Waals surface area contributed by atoms with Crippen LogP contribution in [0.1, 0.15) is 5.56 Å². The van der Waals surface area contributed by atoms with E-state index in [1.807, 2.05) is 6.08 Å². The molecular formula is C11H13F3N2. The molecule has 0 radical (unpaired) electrons. The van der Waals surface area contributed by atoms with Crippen LogP contribution in [0.15, 0.2) is 36.4 Å². The van der Waals surface area contributed by atoms with Gasteiger partial charge < -0.3 is 11.1 Å². The highest BCUT2D eigenvalue weighted by atomic mass is 19.4. The van der Waals surface area contributed by atoms with Crippen LogP contribution >= 0.6 is 0 Å². The fourth-order valence-corrected chi connectivity index (χ4v) is 1.13. The van der Waals surface area contributed by atoms with Gasteiger partial charge in [0.25, 0.3) is 0 Å². The Bertz CT molecular complexity index is 341. The summed E-state index contributed by atoms with van der Waals surface area (Å²) in [5.41, 5.74) is 5.24. The second-order valence-corrected chi connectivity index (χ2v) is 3.16. The molecule has 0 aliphatic rings. The van der Waals surface area contributed by atoms with Crippen LogP contribution in [-0.2, 0) is 6.18 Å². The molecule has 0 saturated heterocycles. The maximum absolute atomic E-state index is 12.2. The summed E-state index contributed by atoms with van der Waals surface area (Å²) < 4.78 is 36.7. The number of nitrogens with two attached hydrogens (primary N) is 1. The van der Waals surface area contributed by atoms with Crippen LogP contribution in [0.4, 0.5) is 18.9 Å². The highest BCUT2D eigenvalue weighted by molar-refractivity contribution is 5.45. The molecule has 1 aromatic rings. The van der Waals surface area contributed by atoms with Crippen LogP contribution in [0, 0.1) is 0 Å². The molecular weight excluding hydrogens is 217 g/mol. The maximum atomic E-state index is 12.2. The number of nitrogens with one attached hydrogen (secondary N) is 1. The molecule has 3 N–H and O–H groups in total. The number of benzene rings is 1. The number of alkyl halides is 3. The Morgan fingerprint density at radius 1 is 1.12 bits per heavy atom. The molecule has 0 aliphatic heterocycles. The molecule has 0 aliphatic carbocycles. The van der Waals surface area contributed by atoms with Gasteiger partial charge in [0, 0.05) is 18.8 Å². The van der Waals surface area contributed by atoms with Crippen molar-refractivity contribution >= 4 is 5.69 Å². The van der Waals surface area contributed by atoms with Gasteiger partial charge in [0.2, 0.25) is 0 Å². The summed E-state index contributed by atoms with van der Waals surface area (Å²) in [4.78, 5) is 0. The summed E-state index contributed by atoms with van der Waals surface area (Å²) in [5, 5.41) is 2.95. The maximum Gasteiger partial charge on any atom is 0.416 e. The second-order valence-electron chi connectivity index (χ2n) is 3.16. The molecule has 0 unspecified atom stereocenters. The van der Waals surface area contributed by atoms with E-state index in [9.17, 15) is 13.2 Å². The third kappa shape index (κ3) is 3.94. The minimum Gasteiger partial charge on any atom is -0.382 e. The minimum absolute atomic E-state index is 0.453. The van der Waals surface area contributed by atoms with E-state index in [1.54, 1.807) is 6.08 Å². The van der Waals surface area contributed by atoms with Crippen LogP contribution in [0.2, 0.25) is 0 Å². The first-order chi connectivity index (χ1) is 7.54. The largest absolute Gasteiger partial charge is 0.416 e. The molecule has 0 saturated carbocycles.